The van der Waals surface area contributed by atoms with E-state index in [0.717, 1.165) is 5.56 Å². The van der Waals surface area contributed by atoms with E-state index in [4.69, 9.17) is 34.8 Å². The van der Waals surface area contributed by atoms with Crippen LogP contribution in [0.1, 0.15) is 11.4 Å². The van der Waals surface area contributed by atoms with Crippen molar-refractivity contribution in [3.63, 3.8) is 0 Å². The van der Waals surface area contributed by atoms with Crippen molar-refractivity contribution >= 4 is 69.8 Å². The first-order valence-electron chi connectivity index (χ1n) is 9.04. The van der Waals surface area contributed by atoms with Crippen molar-refractivity contribution in [3.05, 3.63) is 62.9 Å². The first-order chi connectivity index (χ1) is 14.7. The van der Waals surface area contributed by atoms with Gasteiger partial charge < -0.3 is 15.2 Å². The molecule has 0 aliphatic heterocycles. The normalized spacial score (nSPS) is 10.7. The SMILES string of the molecule is Cc1ccc(NC(=O)Cc2nnc(SCC(=O)Nc3cc(Cl)cc(Cl)c3)n2C)cc1Cl. The number of benzene rings is 2. The maximum atomic E-state index is 12.3. The Bertz CT molecular complexity index is 1120. The van der Waals surface area contributed by atoms with E-state index in [2.05, 4.69) is 20.8 Å². The molecule has 3 rings (SSSR count). The number of thioether (sulfide) groups is 1. The van der Waals surface area contributed by atoms with Crippen LogP contribution in [0.4, 0.5) is 11.4 Å². The molecule has 0 saturated carbocycles. The standard InChI is InChI=1S/C20H18Cl3N5O2S/c1-11-3-4-14(8-16(11)23)24-18(29)9-17-26-27-20(28(17)2)31-10-19(30)25-15-6-12(21)5-13(22)7-15/h3-8H,9-10H2,1-2H3,(H,24,29)(H,25,30). The highest BCUT2D eigenvalue weighted by atomic mass is 35.5. The van der Waals surface area contributed by atoms with E-state index in [1.54, 1.807) is 41.9 Å². The predicted octanol–water partition coefficient (Wildman–Crippen LogP) is 5.00. The maximum absolute atomic E-state index is 12.3. The average Bonchev–Trinajstić information content (AvgIpc) is 3.02. The fraction of sp³-hybridized carbons (Fsp3) is 0.200. The molecule has 2 amide bonds. The molecule has 0 aliphatic rings. The molecule has 2 aromatic carbocycles. The van der Waals surface area contributed by atoms with Crippen LogP contribution < -0.4 is 10.6 Å². The average molecular weight is 499 g/mol. The smallest absolute Gasteiger partial charge is 0.234 e. The summed E-state index contributed by atoms with van der Waals surface area (Å²) in [5.41, 5.74) is 2.04. The summed E-state index contributed by atoms with van der Waals surface area (Å²) in [6, 6.07) is 10.1. The number of aryl methyl sites for hydroxylation is 1. The number of carbonyl (C=O) groups excluding carboxylic acids is 2. The summed E-state index contributed by atoms with van der Waals surface area (Å²) < 4.78 is 1.68. The number of nitrogens with one attached hydrogen (secondary N) is 2. The molecular formula is C20H18Cl3N5O2S. The molecule has 2 N–H and O–H groups in total. The number of rotatable bonds is 7. The molecule has 0 fully saturated rings. The summed E-state index contributed by atoms with van der Waals surface area (Å²) in [4.78, 5) is 24.5. The van der Waals surface area contributed by atoms with E-state index in [1.165, 1.54) is 11.8 Å². The molecule has 1 aromatic heterocycles. The van der Waals surface area contributed by atoms with Crippen LogP contribution in [0.2, 0.25) is 15.1 Å². The number of nitrogens with zero attached hydrogens (tertiary/aromatic N) is 3. The first-order valence-corrected chi connectivity index (χ1v) is 11.2. The van der Waals surface area contributed by atoms with Crippen LogP contribution in [-0.4, -0.2) is 32.3 Å². The summed E-state index contributed by atoms with van der Waals surface area (Å²) in [7, 11) is 1.74. The van der Waals surface area contributed by atoms with Crippen molar-refractivity contribution < 1.29 is 9.59 Å². The van der Waals surface area contributed by atoms with Crippen LogP contribution >= 0.6 is 46.6 Å². The Balaban J connectivity index is 1.55. The summed E-state index contributed by atoms with van der Waals surface area (Å²) in [5, 5.41) is 15.6. The zero-order valence-corrected chi connectivity index (χ0v) is 19.7. The zero-order valence-electron chi connectivity index (χ0n) is 16.6. The third-order valence-corrected chi connectivity index (χ3v) is 6.04. The van der Waals surface area contributed by atoms with E-state index >= 15 is 0 Å². The second-order valence-electron chi connectivity index (χ2n) is 6.64. The molecule has 31 heavy (non-hydrogen) atoms. The van der Waals surface area contributed by atoms with Gasteiger partial charge in [0.15, 0.2) is 5.16 Å². The van der Waals surface area contributed by atoms with Crippen LogP contribution in [0.25, 0.3) is 0 Å². The molecule has 0 spiro atoms. The third kappa shape index (κ3) is 6.61. The highest BCUT2D eigenvalue weighted by Gasteiger charge is 2.15. The lowest BCUT2D eigenvalue weighted by molar-refractivity contribution is -0.116. The lowest BCUT2D eigenvalue weighted by Crippen LogP contribution is -2.17. The van der Waals surface area contributed by atoms with E-state index < -0.39 is 0 Å². The molecule has 0 aliphatic carbocycles. The minimum Gasteiger partial charge on any atom is -0.326 e. The largest absolute Gasteiger partial charge is 0.326 e. The van der Waals surface area contributed by atoms with Crippen molar-refractivity contribution in [3.8, 4) is 0 Å². The fourth-order valence-electron chi connectivity index (χ4n) is 2.60. The van der Waals surface area contributed by atoms with Gasteiger partial charge in [0.2, 0.25) is 11.8 Å². The summed E-state index contributed by atoms with van der Waals surface area (Å²) in [6.07, 6.45) is 0.0305. The highest BCUT2D eigenvalue weighted by molar-refractivity contribution is 7.99. The van der Waals surface area contributed by atoms with Gasteiger partial charge in [0, 0.05) is 33.5 Å². The van der Waals surface area contributed by atoms with Gasteiger partial charge in [-0.25, -0.2) is 0 Å². The van der Waals surface area contributed by atoms with Crippen molar-refractivity contribution in [2.75, 3.05) is 16.4 Å². The van der Waals surface area contributed by atoms with E-state index in [-0.39, 0.29) is 24.0 Å². The number of halogens is 3. The van der Waals surface area contributed by atoms with Crippen LogP contribution in [0.5, 0.6) is 0 Å². The Hall–Kier alpha value is -2.26. The van der Waals surface area contributed by atoms with Gasteiger partial charge in [-0.2, -0.15) is 0 Å². The lowest BCUT2D eigenvalue weighted by atomic mass is 10.2. The molecule has 1 heterocycles. The van der Waals surface area contributed by atoms with Crippen LogP contribution in [0.15, 0.2) is 41.6 Å². The van der Waals surface area contributed by atoms with Gasteiger partial charge in [-0.05, 0) is 42.8 Å². The highest BCUT2D eigenvalue weighted by Crippen LogP contribution is 2.23. The van der Waals surface area contributed by atoms with Gasteiger partial charge in [0.25, 0.3) is 0 Å². The van der Waals surface area contributed by atoms with E-state index in [1.807, 2.05) is 13.0 Å². The Kier molecular flexibility index (Phi) is 7.83. The summed E-state index contributed by atoms with van der Waals surface area (Å²) in [5.74, 6) is 0.0779. The molecular weight excluding hydrogens is 481 g/mol. The molecule has 0 saturated heterocycles. The molecule has 3 aromatic rings. The Labute approximate surface area is 198 Å². The number of carbonyl (C=O) groups is 2. The van der Waals surface area contributed by atoms with Gasteiger partial charge in [-0.1, -0.05) is 52.6 Å². The molecule has 11 heteroatoms. The van der Waals surface area contributed by atoms with E-state index in [9.17, 15) is 9.59 Å². The predicted molar refractivity (Wildman–Crippen MR) is 125 cm³/mol. The molecule has 0 atom stereocenters. The summed E-state index contributed by atoms with van der Waals surface area (Å²) in [6.45, 7) is 1.89. The van der Waals surface area contributed by atoms with Crippen LogP contribution in [-0.2, 0) is 23.1 Å². The van der Waals surface area contributed by atoms with Crippen molar-refractivity contribution in [2.45, 2.75) is 18.5 Å². The third-order valence-electron chi connectivity index (χ3n) is 4.18. The molecule has 162 valence electrons. The second kappa shape index (κ2) is 10.4. The molecule has 0 radical (unpaired) electrons. The Morgan fingerprint density at radius 2 is 1.65 bits per heavy atom. The quantitative estimate of drug-likeness (QED) is 0.448. The summed E-state index contributed by atoms with van der Waals surface area (Å²) >= 11 is 19.2. The van der Waals surface area contributed by atoms with E-state index in [0.29, 0.717) is 37.4 Å². The van der Waals surface area contributed by atoms with Crippen molar-refractivity contribution in [1.29, 1.82) is 0 Å². The zero-order chi connectivity index (χ0) is 22.5. The second-order valence-corrected chi connectivity index (χ2v) is 8.86. The molecule has 7 nitrogen and oxygen atoms in total. The number of anilines is 2. The molecule has 0 bridgehead atoms. The van der Waals surface area contributed by atoms with Gasteiger partial charge in [-0.3, -0.25) is 9.59 Å². The fourth-order valence-corrected chi connectivity index (χ4v) is 4.03. The van der Waals surface area contributed by atoms with Gasteiger partial charge in [0.05, 0.1) is 12.2 Å². The maximum Gasteiger partial charge on any atom is 0.234 e. The minimum absolute atomic E-state index is 0.0305. The molecule has 0 unspecified atom stereocenters. The van der Waals surface area contributed by atoms with Gasteiger partial charge in [-0.15, -0.1) is 10.2 Å². The van der Waals surface area contributed by atoms with Crippen molar-refractivity contribution in [1.82, 2.24) is 14.8 Å². The number of amides is 2. The topological polar surface area (TPSA) is 88.9 Å². The number of hydrogen-bond acceptors (Lipinski definition) is 5. The van der Waals surface area contributed by atoms with Crippen LogP contribution in [0, 0.1) is 6.92 Å². The Morgan fingerprint density at radius 1 is 0.968 bits per heavy atom. The monoisotopic (exact) mass is 497 g/mol. The van der Waals surface area contributed by atoms with Crippen LogP contribution in [0.3, 0.4) is 0 Å². The first kappa shape index (κ1) is 23.4. The van der Waals surface area contributed by atoms with Crippen molar-refractivity contribution in [2.24, 2.45) is 7.05 Å². The van der Waals surface area contributed by atoms with Gasteiger partial charge >= 0.3 is 0 Å². The minimum atomic E-state index is -0.248. The number of hydrogen-bond donors (Lipinski definition) is 2. The Morgan fingerprint density at radius 3 is 2.32 bits per heavy atom. The van der Waals surface area contributed by atoms with Gasteiger partial charge in [0.1, 0.15) is 5.82 Å². The number of aromatic nitrogens is 3. The lowest BCUT2D eigenvalue weighted by Gasteiger charge is -2.08.